The van der Waals surface area contributed by atoms with Crippen molar-refractivity contribution in [1.82, 2.24) is 19.6 Å². The van der Waals surface area contributed by atoms with E-state index in [0.717, 1.165) is 24.8 Å². The lowest BCUT2D eigenvalue weighted by atomic mass is 9.94. The molecule has 0 bridgehead atoms. The van der Waals surface area contributed by atoms with E-state index in [9.17, 15) is 9.90 Å². The Morgan fingerprint density at radius 1 is 1.03 bits per heavy atom. The van der Waals surface area contributed by atoms with Crippen LogP contribution in [0.15, 0.2) is 59.4 Å². The second kappa shape index (κ2) is 9.49. The molecule has 6 nitrogen and oxygen atoms in total. The number of aromatic nitrogens is 4. The van der Waals surface area contributed by atoms with E-state index in [-0.39, 0.29) is 11.5 Å². The average molecular weight is 431 g/mol. The van der Waals surface area contributed by atoms with Crippen molar-refractivity contribution in [3.8, 4) is 0 Å². The summed E-state index contributed by atoms with van der Waals surface area (Å²) in [4.78, 5) is 20.4. The molecule has 0 radical (unpaired) electrons. The van der Waals surface area contributed by atoms with Crippen LogP contribution >= 0.6 is 0 Å². The molecular weight excluding hydrogens is 400 g/mol. The molecule has 2 aromatic carbocycles. The van der Waals surface area contributed by atoms with Crippen molar-refractivity contribution in [3.63, 3.8) is 0 Å². The maximum atomic E-state index is 12.9. The lowest BCUT2D eigenvalue weighted by Gasteiger charge is -2.18. The number of aliphatic hydroxyl groups is 1. The van der Waals surface area contributed by atoms with Gasteiger partial charge in [-0.25, -0.2) is 9.50 Å². The maximum absolute atomic E-state index is 12.9. The standard InChI is InChI=1S/C26H30N4O2/c1-17-12-14-21(15-13-17)16-23-28-26(32)24-18(2)27-25(30(24)29-23)22(19(3)31)11-7-10-20-8-5-4-6-9-20/h4-6,8-9,12-15,19,22,31H,7,10-11,16H2,1-3H3,(H,28,29,32). The highest BCUT2D eigenvalue weighted by Gasteiger charge is 2.25. The highest BCUT2D eigenvalue weighted by Crippen LogP contribution is 2.26. The smallest absolute Gasteiger partial charge is 0.277 e. The number of fused-ring (bicyclic) bond motifs is 1. The number of nitrogens with one attached hydrogen (secondary N) is 1. The molecular formula is C26H30N4O2. The molecule has 0 saturated carbocycles. The molecule has 4 rings (SSSR count). The van der Waals surface area contributed by atoms with Gasteiger partial charge in [0.1, 0.15) is 11.6 Å². The van der Waals surface area contributed by atoms with Gasteiger partial charge in [0.05, 0.1) is 11.8 Å². The van der Waals surface area contributed by atoms with Gasteiger partial charge in [-0.15, -0.1) is 0 Å². The number of imidazole rings is 1. The molecule has 2 atom stereocenters. The van der Waals surface area contributed by atoms with Gasteiger partial charge in [-0.05, 0) is 51.2 Å². The van der Waals surface area contributed by atoms with Crippen molar-refractivity contribution in [2.45, 2.75) is 58.5 Å². The van der Waals surface area contributed by atoms with Crippen molar-refractivity contribution in [2.24, 2.45) is 0 Å². The molecule has 4 aromatic rings. The molecule has 32 heavy (non-hydrogen) atoms. The lowest BCUT2D eigenvalue weighted by molar-refractivity contribution is 0.151. The summed E-state index contributed by atoms with van der Waals surface area (Å²) in [6.45, 7) is 5.65. The molecule has 0 fully saturated rings. The van der Waals surface area contributed by atoms with Crippen molar-refractivity contribution < 1.29 is 5.11 Å². The quantitative estimate of drug-likeness (QED) is 0.441. The summed E-state index contributed by atoms with van der Waals surface area (Å²) >= 11 is 0. The van der Waals surface area contributed by atoms with Crippen molar-refractivity contribution in [1.29, 1.82) is 0 Å². The Morgan fingerprint density at radius 2 is 1.75 bits per heavy atom. The molecule has 0 aliphatic heterocycles. The van der Waals surface area contributed by atoms with Gasteiger partial charge < -0.3 is 10.1 Å². The summed E-state index contributed by atoms with van der Waals surface area (Å²) in [7, 11) is 0. The Hall–Kier alpha value is -3.25. The van der Waals surface area contributed by atoms with Crippen molar-refractivity contribution in [2.75, 3.05) is 0 Å². The molecule has 6 heteroatoms. The Kier molecular flexibility index (Phi) is 6.51. The SMILES string of the molecule is Cc1ccc(Cc2nn3c(C(CCCc4ccccc4)C(C)O)nc(C)c3c(=O)[nH]2)cc1. The number of rotatable bonds is 8. The Morgan fingerprint density at radius 3 is 2.44 bits per heavy atom. The van der Waals surface area contributed by atoms with Crippen LogP contribution in [0.2, 0.25) is 0 Å². The molecule has 0 saturated heterocycles. The van der Waals surface area contributed by atoms with Gasteiger partial charge in [0.25, 0.3) is 5.56 Å². The maximum Gasteiger partial charge on any atom is 0.277 e. The predicted octanol–water partition coefficient (Wildman–Crippen LogP) is 4.11. The van der Waals surface area contributed by atoms with Gasteiger partial charge in [0, 0.05) is 12.3 Å². The first kappa shape index (κ1) is 22.0. The fourth-order valence-corrected chi connectivity index (χ4v) is 4.21. The van der Waals surface area contributed by atoms with Crippen LogP contribution in [0.3, 0.4) is 0 Å². The van der Waals surface area contributed by atoms with Gasteiger partial charge >= 0.3 is 0 Å². The Balaban J connectivity index is 1.64. The summed E-state index contributed by atoms with van der Waals surface area (Å²) in [5.74, 6) is 1.02. The lowest BCUT2D eigenvalue weighted by Crippen LogP contribution is -2.22. The molecule has 2 N–H and O–H groups in total. The zero-order valence-electron chi connectivity index (χ0n) is 18.9. The van der Waals surface area contributed by atoms with Crippen LogP contribution in [0.5, 0.6) is 0 Å². The number of hydrogen-bond donors (Lipinski definition) is 2. The third-order valence-corrected chi connectivity index (χ3v) is 5.98. The Labute approximate surface area is 188 Å². The summed E-state index contributed by atoms with van der Waals surface area (Å²) in [5.41, 5.74) is 4.41. The molecule has 0 spiro atoms. The fourth-order valence-electron chi connectivity index (χ4n) is 4.21. The first-order valence-corrected chi connectivity index (χ1v) is 11.2. The molecule has 0 aliphatic carbocycles. The zero-order valence-corrected chi connectivity index (χ0v) is 18.9. The zero-order chi connectivity index (χ0) is 22.7. The number of aromatic amines is 1. The van der Waals surface area contributed by atoms with Crippen LogP contribution < -0.4 is 5.56 Å². The molecule has 166 valence electrons. The van der Waals surface area contributed by atoms with Gasteiger partial charge in [0.2, 0.25) is 0 Å². The van der Waals surface area contributed by atoms with Gasteiger partial charge in [-0.1, -0.05) is 60.2 Å². The van der Waals surface area contributed by atoms with Gasteiger partial charge in [0.15, 0.2) is 5.52 Å². The minimum absolute atomic E-state index is 0.202. The highest BCUT2D eigenvalue weighted by molar-refractivity contribution is 5.50. The van der Waals surface area contributed by atoms with E-state index in [1.807, 2.05) is 44.2 Å². The highest BCUT2D eigenvalue weighted by atomic mass is 16.3. The molecule has 0 amide bonds. The summed E-state index contributed by atoms with van der Waals surface area (Å²) in [6, 6.07) is 18.5. The topological polar surface area (TPSA) is 83.3 Å². The second-order valence-corrected chi connectivity index (χ2v) is 8.60. The molecule has 2 unspecified atom stereocenters. The van der Waals surface area contributed by atoms with E-state index in [4.69, 9.17) is 5.10 Å². The van der Waals surface area contributed by atoms with Gasteiger partial charge in [-0.2, -0.15) is 5.10 Å². The third-order valence-electron chi connectivity index (χ3n) is 5.98. The monoisotopic (exact) mass is 430 g/mol. The van der Waals surface area contributed by atoms with Crippen LogP contribution in [0.1, 0.15) is 59.7 Å². The second-order valence-electron chi connectivity index (χ2n) is 8.60. The number of hydrogen-bond acceptors (Lipinski definition) is 4. The van der Waals surface area contributed by atoms with E-state index in [0.29, 0.717) is 29.3 Å². The fraction of sp³-hybridized carbons (Fsp3) is 0.346. The average Bonchev–Trinajstić information content (AvgIpc) is 3.09. The van der Waals surface area contributed by atoms with Crippen LogP contribution in [0.25, 0.3) is 5.52 Å². The minimum Gasteiger partial charge on any atom is -0.393 e. The minimum atomic E-state index is -0.600. The number of aryl methyl sites for hydroxylation is 3. The summed E-state index contributed by atoms with van der Waals surface area (Å²) in [6.07, 6.45) is 2.52. The molecule has 2 aromatic heterocycles. The number of benzene rings is 2. The van der Waals surface area contributed by atoms with Crippen LogP contribution in [0, 0.1) is 13.8 Å². The summed E-state index contributed by atoms with van der Waals surface area (Å²) in [5, 5.41) is 15.3. The number of nitrogens with zero attached hydrogens (tertiary/aromatic N) is 3. The largest absolute Gasteiger partial charge is 0.393 e. The third kappa shape index (κ3) is 4.81. The number of aliphatic hydroxyl groups excluding tert-OH is 1. The Bertz CT molecular complexity index is 1240. The van der Waals surface area contributed by atoms with Crippen LogP contribution in [0.4, 0.5) is 0 Å². The normalized spacial score (nSPS) is 13.4. The first-order chi connectivity index (χ1) is 15.4. The molecule has 0 aliphatic rings. The van der Waals surface area contributed by atoms with E-state index in [1.54, 1.807) is 11.4 Å². The van der Waals surface area contributed by atoms with E-state index < -0.39 is 6.10 Å². The van der Waals surface area contributed by atoms with Crippen LogP contribution in [-0.2, 0) is 12.8 Å². The first-order valence-electron chi connectivity index (χ1n) is 11.2. The van der Waals surface area contributed by atoms with Crippen LogP contribution in [-0.4, -0.2) is 30.8 Å². The summed E-state index contributed by atoms with van der Waals surface area (Å²) < 4.78 is 1.65. The van der Waals surface area contributed by atoms with E-state index in [2.05, 4.69) is 34.2 Å². The predicted molar refractivity (Wildman–Crippen MR) is 126 cm³/mol. The van der Waals surface area contributed by atoms with Gasteiger partial charge in [-0.3, -0.25) is 4.79 Å². The van der Waals surface area contributed by atoms with E-state index in [1.165, 1.54) is 11.1 Å². The van der Waals surface area contributed by atoms with Crippen molar-refractivity contribution in [3.05, 3.63) is 99.0 Å². The molecule has 2 heterocycles. The van der Waals surface area contributed by atoms with E-state index >= 15 is 0 Å². The van der Waals surface area contributed by atoms with Crippen molar-refractivity contribution >= 4 is 5.52 Å². The number of H-pyrrole nitrogens is 1.